The quantitative estimate of drug-likeness (QED) is 0.868. The average Bonchev–Trinajstić information content (AvgIpc) is 2.72. The van der Waals surface area contributed by atoms with Crippen molar-refractivity contribution in [2.24, 2.45) is 0 Å². The van der Waals surface area contributed by atoms with E-state index in [2.05, 4.69) is 26.1 Å². The van der Waals surface area contributed by atoms with Crippen molar-refractivity contribution < 1.29 is 4.79 Å². The van der Waals surface area contributed by atoms with E-state index in [-0.39, 0.29) is 11.5 Å². The molecule has 0 spiro atoms. The highest BCUT2D eigenvalue weighted by molar-refractivity contribution is 9.10. The molecule has 0 saturated carbocycles. The maximum Gasteiger partial charge on any atom is 0.343 e. The Morgan fingerprint density at radius 2 is 2.26 bits per heavy atom. The van der Waals surface area contributed by atoms with Gasteiger partial charge in [-0.1, -0.05) is 6.07 Å². The predicted molar refractivity (Wildman–Crippen MR) is 76.8 cm³/mol. The molecule has 1 N–H and O–H groups in total. The number of halogens is 1. The standard InChI is InChI=1S/C12H12BrN3O2S/c1-3-16-11(18)14-15-12(16)19-10-5-4-8(7(2)17)6-9(10)13/h4-6H,3H2,1-2H3,(H,14,18). The van der Waals surface area contributed by atoms with Crippen LogP contribution in [0.15, 0.2) is 37.5 Å². The molecule has 7 heteroatoms. The van der Waals surface area contributed by atoms with Crippen molar-refractivity contribution in [3.05, 3.63) is 38.7 Å². The van der Waals surface area contributed by atoms with Crippen LogP contribution in [0, 0.1) is 0 Å². The second-order valence-corrected chi connectivity index (χ2v) is 5.72. The number of H-pyrrole nitrogens is 1. The summed E-state index contributed by atoms with van der Waals surface area (Å²) in [6.45, 7) is 3.97. The van der Waals surface area contributed by atoms with Gasteiger partial charge in [0.15, 0.2) is 10.9 Å². The van der Waals surface area contributed by atoms with Crippen LogP contribution in [0.3, 0.4) is 0 Å². The van der Waals surface area contributed by atoms with Crippen molar-refractivity contribution in [2.45, 2.75) is 30.4 Å². The van der Waals surface area contributed by atoms with E-state index in [9.17, 15) is 9.59 Å². The number of aromatic nitrogens is 3. The Morgan fingerprint density at radius 3 is 2.84 bits per heavy atom. The fraction of sp³-hybridized carbons (Fsp3) is 0.250. The zero-order valence-corrected chi connectivity index (χ0v) is 12.8. The lowest BCUT2D eigenvalue weighted by atomic mass is 10.2. The van der Waals surface area contributed by atoms with Crippen molar-refractivity contribution in [3.63, 3.8) is 0 Å². The lowest BCUT2D eigenvalue weighted by Crippen LogP contribution is -2.16. The number of nitrogens with zero attached hydrogens (tertiary/aromatic N) is 2. The fourth-order valence-electron chi connectivity index (χ4n) is 1.56. The first-order valence-corrected chi connectivity index (χ1v) is 7.27. The third kappa shape index (κ3) is 2.98. The molecule has 0 saturated heterocycles. The van der Waals surface area contributed by atoms with Gasteiger partial charge in [0.05, 0.1) is 0 Å². The van der Waals surface area contributed by atoms with Crippen LogP contribution in [-0.2, 0) is 6.54 Å². The van der Waals surface area contributed by atoms with Gasteiger partial charge in [-0.3, -0.25) is 9.36 Å². The Hall–Kier alpha value is -1.34. The number of aromatic amines is 1. The van der Waals surface area contributed by atoms with Gasteiger partial charge < -0.3 is 0 Å². The number of carbonyl (C=O) groups excluding carboxylic acids is 1. The first kappa shape index (κ1) is 14.1. The first-order chi connectivity index (χ1) is 9.02. The van der Waals surface area contributed by atoms with Crippen LogP contribution in [0.2, 0.25) is 0 Å². The summed E-state index contributed by atoms with van der Waals surface area (Å²) in [5.74, 6) is 0.0162. The van der Waals surface area contributed by atoms with Crippen molar-refractivity contribution >= 4 is 33.5 Å². The second kappa shape index (κ2) is 5.75. The molecule has 19 heavy (non-hydrogen) atoms. The topological polar surface area (TPSA) is 67.8 Å². The van der Waals surface area contributed by atoms with E-state index in [4.69, 9.17) is 0 Å². The maximum atomic E-state index is 11.5. The number of rotatable bonds is 4. The number of nitrogens with one attached hydrogen (secondary N) is 1. The van der Waals surface area contributed by atoms with E-state index in [1.165, 1.54) is 18.7 Å². The van der Waals surface area contributed by atoms with Crippen LogP contribution in [0.5, 0.6) is 0 Å². The zero-order valence-electron chi connectivity index (χ0n) is 10.4. The van der Waals surface area contributed by atoms with E-state index in [1.807, 2.05) is 13.0 Å². The van der Waals surface area contributed by atoms with Crippen molar-refractivity contribution in [3.8, 4) is 0 Å². The van der Waals surface area contributed by atoms with Crippen LogP contribution in [-0.4, -0.2) is 20.5 Å². The van der Waals surface area contributed by atoms with Gasteiger partial charge >= 0.3 is 5.69 Å². The summed E-state index contributed by atoms with van der Waals surface area (Å²) in [5.41, 5.74) is 0.424. The van der Waals surface area contributed by atoms with Crippen molar-refractivity contribution in [1.82, 2.24) is 14.8 Å². The summed E-state index contributed by atoms with van der Waals surface area (Å²) in [6.07, 6.45) is 0. The van der Waals surface area contributed by atoms with E-state index >= 15 is 0 Å². The Labute approximate surface area is 122 Å². The van der Waals surface area contributed by atoms with E-state index in [0.717, 1.165) is 9.37 Å². The third-order valence-electron chi connectivity index (χ3n) is 2.58. The van der Waals surface area contributed by atoms with Crippen LogP contribution in [0.25, 0.3) is 0 Å². The molecular formula is C12H12BrN3O2S. The molecule has 0 radical (unpaired) electrons. The minimum Gasteiger partial charge on any atom is -0.295 e. The smallest absolute Gasteiger partial charge is 0.295 e. The maximum absolute atomic E-state index is 11.5. The van der Waals surface area contributed by atoms with Crippen LogP contribution < -0.4 is 5.69 Å². The lowest BCUT2D eigenvalue weighted by Gasteiger charge is -2.05. The molecule has 2 rings (SSSR count). The van der Waals surface area contributed by atoms with Crippen molar-refractivity contribution in [1.29, 1.82) is 0 Å². The summed E-state index contributed by atoms with van der Waals surface area (Å²) in [4.78, 5) is 23.6. The van der Waals surface area contributed by atoms with Gasteiger partial charge in [-0.05, 0) is 53.7 Å². The minimum absolute atomic E-state index is 0.0162. The van der Waals surface area contributed by atoms with Gasteiger partial charge in [0.25, 0.3) is 0 Å². The molecule has 0 aliphatic rings. The molecule has 0 aliphatic heterocycles. The summed E-state index contributed by atoms with van der Waals surface area (Å²) in [7, 11) is 0. The molecule has 0 bridgehead atoms. The zero-order chi connectivity index (χ0) is 14.0. The minimum atomic E-state index is -0.221. The van der Waals surface area contributed by atoms with Crippen LogP contribution in [0.4, 0.5) is 0 Å². The van der Waals surface area contributed by atoms with Crippen molar-refractivity contribution in [2.75, 3.05) is 0 Å². The highest BCUT2D eigenvalue weighted by Crippen LogP contribution is 2.32. The Morgan fingerprint density at radius 1 is 1.53 bits per heavy atom. The van der Waals surface area contributed by atoms with E-state index in [0.29, 0.717) is 17.3 Å². The lowest BCUT2D eigenvalue weighted by molar-refractivity contribution is 0.101. The molecule has 100 valence electrons. The number of hydrogen-bond acceptors (Lipinski definition) is 4. The van der Waals surface area contributed by atoms with Crippen LogP contribution in [0.1, 0.15) is 24.2 Å². The third-order valence-corrected chi connectivity index (χ3v) is 4.57. The number of Topliss-reactive ketones (excluding diaryl/α,β-unsaturated/α-hetero) is 1. The Balaban J connectivity index is 2.33. The molecular weight excluding hydrogens is 330 g/mol. The highest BCUT2D eigenvalue weighted by atomic mass is 79.9. The Kier molecular flexibility index (Phi) is 4.26. The SMILES string of the molecule is CCn1c(Sc2ccc(C(C)=O)cc2Br)n[nH]c1=O. The predicted octanol–water partition coefficient (Wildman–Crippen LogP) is 2.71. The summed E-state index contributed by atoms with van der Waals surface area (Å²) < 4.78 is 2.36. The van der Waals surface area contributed by atoms with Gasteiger partial charge in [-0.25, -0.2) is 9.89 Å². The number of benzene rings is 1. The Bertz CT molecular complexity index is 678. The normalized spacial score (nSPS) is 10.7. The summed E-state index contributed by atoms with van der Waals surface area (Å²) in [5, 5.41) is 7.01. The molecule has 0 aliphatic carbocycles. The van der Waals surface area contributed by atoms with Gasteiger partial charge in [-0.15, -0.1) is 5.10 Å². The van der Waals surface area contributed by atoms with Gasteiger partial charge in [0, 0.05) is 21.5 Å². The summed E-state index contributed by atoms with van der Waals surface area (Å²) >= 11 is 4.80. The fourth-order valence-corrected chi connectivity index (χ4v) is 3.09. The molecule has 0 unspecified atom stereocenters. The molecule has 1 aromatic heterocycles. The van der Waals surface area contributed by atoms with Gasteiger partial charge in [0.2, 0.25) is 0 Å². The van der Waals surface area contributed by atoms with Gasteiger partial charge in [0.1, 0.15) is 0 Å². The number of ketones is 1. The van der Waals surface area contributed by atoms with Gasteiger partial charge in [-0.2, -0.15) is 0 Å². The van der Waals surface area contributed by atoms with E-state index in [1.54, 1.807) is 16.7 Å². The molecule has 0 amide bonds. The average molecular weight is 342 g/mol. The largest absolute Gasteiger partial charge is 0.343 e. The molecule has 1 heterocycles. The number of hydrogen-bond donors (Lipinski definition) is 1. The molecule has 1 aromatic carbocycles. The summed E-state index contributed by atoms with van der Waals surface area (Å²) in [6, 6.07) is 5.37. The first-order valence-electron chi connectivity index (χ1n) is 5.66. The second-order valence-electron chi connectivity index (χ2n) is 3.86. The monoisotopic (exact) mass is 341 g/mol. The molecule has 0 atom stereocenters. The molecule has 5 nitrogen and oxygen atoms in total. The molecule has 2 aromatic rings. The molecule has 0 fully saturated rings. The highest BCUT2D eigenvalue weighted by Gasteiger charge is 2.11. The number of carbonyl (C=O) groups is 1. The van der Waals surface area contributed by atoms with Crippen LogP contribution >= 0.6 is 27.7 Å². The van der Waals surface area contributed by atoms with E-state index < -0.39 is 0 Å².